The third-order valence-corrected chi connectivity index (χ3v) is 8.51. The van der Waals surface area contributed by atoms with Crippen LogP contribution in [0, 0.1) is 5.92 Å². The van der Waals surface area contributed by atoms with Gasteiger partial charge in [-0.05, 0) is 43.2 Å². The van der Waals surface area contributed by atoms with E-state index in [9.17, 15) is 21.6 Å². The number of carbonyl (C=O) groups excluding carboxylic acids is 1. The van der Waals surface area contributed by atoms with Gasteiger partial charge in [-0.1, -0.05) is 12.1 Å². The summed E-state index contributed by atoms with van der Waals surface area (Å²) in [4.78, 5) is 12.6. The maximum atomic E-state index is 13.1. The molecular formula is C18H19N5O5S3. The lowest BCUT2D eigenvalue weighted by Crippen LogP contribution is -2.41. The van der Waals surface area contributed by atoms with E-state index in [1.807, 2.05) is 0 Å². The topological polar surface area (TPSA) is 152 Å². The molecular weight excluding hydrogens is 462 g/mol. The third-order valence-electron chi connectivity index (χ3n) is 5.12. The first-order valence-electron chi connectivity index (χ1n) is 9.31. The Labute approximate surface area is 183 Å². The zero-order valence-corrected chi connectivity index (χ0v) is 18.6. The van der Waals surface area contributed by atoms with Gasteiger partial charge < -0.3 is 5.32 Å². The minimum absolute atomic E-state index is 0.100. The molecule has 13 heteroatoms. The van der Waals surface area contributed by atoms with Crippen LogP contribution in [0.4, 0.5) is 5.69 Å². The summed E-state index contributed by atoms with van der Waals surface area (Å²) in [6.45, 7) is 0.372. The SMILES string of the molecule is NS(=O)(=O)c1cccc(NC(=O)C2CCN(S(=O)(=O)c3cccc4nsnc34)CC2)c1. The summed E-state index contributed by atoms with van der Waals surface area (Å²) in [7, 11) is -7.64. The quantitative estimate of drug-likeness (QED) is 0.558. The maximum absolute atomic E-state index is 13.1. The zero-order chi connectivity index (χ0) is 22.2. The van der Waals surface area contributed by atoms with E-state index in [2.05, 4.69) is 14.1 Å². The number of rotatable bonds is 5. The molecule has 3 aromatic rings. The van der Waals surface area contributed by atoms with Crippen molar-refractivity contribution >= 4 is 54.4 Å². The maximum Gasteiger partial charge on any atom is 0.245 e. The molecule has 1 amide bonds. The number of benzene rings is 2. The van der Waals surface area contributed by atoms with E-state index in [-0.39, 0.29) is 28.8 Å². The first kappa shape index (κ1) is 21.8. The van der Waals surface area contributed by atoms with Crippen LogP contribution in [-0.2, 0) is 24.8 Å². The normalized spacial score (nSPS) is 16.4. The second kappa shape index (κ2) is 8.24. The molecule has 0 unspecified atom stereocenters. The average molecular weight is 482 g/mol. The number of primary sulfonamides is 1. The largest absolute Gasteiger partial charge is 0.326 e. The second-order valence-corrected chi connectivity index (χ2v) is 11.1. The molecule has 1 fully saturated rings. The standard InChI is InChI=1S/C18H19N5O5S3/c19-30(25,26)14-4-1-3-13(11-14)20-18(24)12-7-9-23(10-8-12)31(27,28)16-6-2-5-15-17(16)22-29-21-15/h1-6,11-12H,7-10H2,(H,20,24)(H2,19,25,26). The second-order valence-electron chi connectivity index (χ2n) is 7.13. The van der Waals surface area contributed by atoms with Crippen molar-refractivity contribution in [3.05, 3.63) is 42.5 Å². The van der Waals surface area contributed by atoms with Gasteiger partial charge in [0.2, 0.25) is 26.0 Å². The van der Waals surface area contributed by atoms with Gasteiger partial charge in [-0.2, -0.15) is 13.1 Å². The number of anilines is 1. The number of piperidine rings is 1. The van der Waals surface area contributed by atoms with Crippen LogP contribution < -0.4 is 10.5 Å². The molecule has 31 heavy (non-hydrogen) atoms. The number of sulfonamides is 2. The third kappa shape index (κ3) is 4.45. The van der Waals surface area contributed by atoms with Crippen molar-refractivity contribution in [3.63, 3.8) is 0 Å². The lowest BCUT2D eigenvalue weighted by atomic mass is 9.97. The van der Waals surface area contributed by atoms with Crippen molar-refractivity contribution in [2.75, 3.05) is 18.4 Å². The van der Waals surface area contributed by atoms with E-state index in [0.717, 1.165) is 11.7 Å². The molecule has 2 aromatic carbocycles. The van der Waals surface area contributed by atoms with Gasteiger partial charge in [-0.15, -0.1) is 0 Å². The van der Waals surface area contributed by atoms with Crippen LogP contribution in [-0.4, -0.2) is 48.9 Å². The van der Waals surface area contributed by atoms with E-state index < -0.39 is 26.0 Å². The van der Waals surface area contributed by atoms with Gasteiger partial charge in [-0.25, -0.2) is 22.0 Å². The Balaban J connectivity index is 1.44. The number of carbonyl (C=O) groups is 1. The first-order valence-corrected chi connectivity index (χ1v) is 13.0. The molecule has 2 heterocycles. The highest BCUT2D eigenvalue weighted by molar-refractivity contribution is 7.89. The predicted molar refractivity (Wildman–Crippen MR) is 115 cm³/mol. The molecule has 0 radical (unpaired) electrons. The Morgan fingerprint density at radius 2 is 1.77 bits per heavy atom. The highest BCUT2D eigenvalue weighted by Crippen LogP contribution is 2.28. The van der Waals surface area contributed by atoms with E-state index in [1.54, 1.807) is 18.2 Å². The molecule has 0 saturated carbocycles. The van der Waals surface area contributed by atoms with Crippen LogP contribution in [0.15, 0.2) is 52.3 Å². The number of nitrogens with one attached hydrogen (secondary N) is 1. The molecule has 10 nitrogen and oxygen atoms in total. The van der Waals surface area contributed by atoms with Gasteiger partial charge in [0.1, 0.15) is 15.9 Å². The van der Waals surface area contributed by atoms with E-state index in [4.69, 9.17) is 5.14 Å². The van der Waals surface area contributed by atoms with Crippen LogP contribution in [0.25, 0.3) is 11.0 Å². The van der Waals surface area contributed by atoms with Gasteiger partial charge in [-0.3, -0.25) is 4.79 Å². The Morgan fingerprint density at radius 1 is 1.06 bits per heavy atom. The van der Waals surface area contributed by atoms with E-state index in [1.165, 1.54) is 28.6 Å². The van der Waals surface area contributed by atoms with Gasteiger partial charge in [0.25, 0.3) is 0 Å². The molecule has 1 aliphatic heterocycles. The number of nitrogens with two attached hydrogens (primary N) is 1. The summed E-state index contributed by atoms with van der Waals surface area (Å²) >= 11 is 0.956. The summed E-state index contributed by atoms with van der Waals surface area (Å²) < 4.78 is 58.7. The lowest BCUT2D eigenvalue weighted by molar-refractivity contribution is -0.120. The molecule has 0 bridgehead atoms. The highest BCUT2D eigenvalue weighted by Gasteiger charge is 2.33. The fourth-order valence-electron chi connectivity index (χ4n) is 3.48. The van der Waals surface area contributed by atoms with Crippen molar-refractivity contribution in [1.82, 2.24) is 13.1 Å². The number of nitrogens with zero attached hydrogens (tertiary/aromatic N) is 3. The number of fused-ring (bicyclic) bond motifs is 1. The lowest BCUT2D eigenvalue weighted by Gasteiger charge is -2.30. The van der Waals surface area contributed by atoms with Crippen molar-refractivity contribution in [1.29, 1.82) is 0 Å². The Morgan fingerprint density at radius 3 is 2.48 bits per heavy atom. The van der Waals surface area contributed by atoms with Crippen LogP contribution in [0.2, 0.25) is 0 Å². The summed E-state index contributed by atoms with van der Waals surface area (Å²) in [6.07, 6.45) is 0.677. The number of hydrogen-bond acceptors (Lipinski definition) is 8. The molecule has 1 saturated heterocycles. The van der Waals surface area contributed by atoms with Crippen LogP contribution in [0.5, 0.6) is 0 Å². The van der Waals surface area contributed by atoms with Gasteiger partial charge in [0, 0.05) is 24.7 Å². The smallest absolute Gasteiger partial charge is 0.245 e. The van der Waals surface area contributed by atoms with Gasteiger partial charge in [0.15, 0.2) is 0 Å². The number of aromatic nitrogens is 2. The summed E-state index contributed by atoms with van der Waals surface area (Å²) in [5.74, 6) is -0.698. The molecule has 1 aliphatic rings. The highest BCUT2D eigenvalue weighted by atomic mass is 32.2. The molecule has 3 N–H and O–H groups in total. The number of hydrogen-bond donors (Lipinski definition) is 2. The molecule has 0 aliphatic carbocycles. The van der Waals surface area contributed by atoms with Crippen molar-refractivity contribution in [2.45, 2.75) is 22.6 Å². The first-order chi connectivity index (χ1) is 14.7. The van der Waals surface area contributed by atoms with Crippen LogP contribution >= 0.6 is 11.7 Å². The monoisotopic (exact) mass is 481 g/mol. The van der Waals surface area contributed by atoms with E-state index >= 15 is 0 Å². The minimum Gasteiger partial charge on any atom is -0.326 e. The molecule has 164 valence electrons. The summed E-state index contributed by atoms with van der Waals surface area (Å²) in [5, 5.41) is 7.81. The van der Waals surface area contributed by atoms with Crippen molar-refractivity contribution in [3.8, 4) is 0 Å². The minimum atomic E-state index is -3.88. The molecule has 0 spiro atoms. The Bertz CT molecular complexity index is 1350. The van der Waals surface area contributed by atoms with Crippen molar-refractivity contribution < 1.29 is 21.6 Å². The predicted octanol–water partition coefficient (Wildman–Crippen LogP) is 1.38. The molecule has 4 rings (SSSR count). The fraction of sp³-hybridized carbons (Fsp3) is 0.278. The van der Waals surface area contributed by atoms with E-state index in [0.29, 0.717) is 29.6 Å². The molecule has 1 aromatic heterocycles. The van der Waals surface area contributed by atoms with Crippen LogP contribution in [0.1, 0.15) is 12.8 Å². The average Bonchev–Trinajstić information content (AvgIpc) is 3.22. The molecule has 0 atom stereocenters. The zero-order valence-electron chi connectivity index (χ0n) is 16.1. The Hall–Kier alpha value is -2.45. The van der Waals surface area contributed by atoms with Crippen molar-refractivity contribution in [2.24, 2.45) is 11.1 Å². The fourth-order valence-corrected chi connectivity index (χ4v) is 6.26. The Kier molecular flexibility index (Phi) is 5.79. The van der Waals surface area contributed by atoms with Gasteiger partial charge >= 0.3 is 0 Å². The number of amides is 1. The summed E-state index contributed by atoms with van der Waals surface area (Å²) in [6, 6.07) is 10.5. The van der Waals surface area contributed by atoms with Crippen LogP contribution in [0.3, 0.4) is 0 Å². The van der Waals surface area contributed by atoms with Gasteiger partial charge in [0.05, 0.1) is 16.6 Å². The summed E-state index contributed by atoms with van der Waals surface area (Å²) in [5.41, 5.74) is 1.19.